The average Bonchev–Trinajstić information content (AvgIpc) is 2.81. The summed E-state index contributed by atoms with van der Waals surface area (Å²) in [7, 11) is 1.98. The molecule has 1 saturated carbocycles. The van der Waals surface area contributed by atoms with Crippen molar-refractivity contribution in [1.29, 1.82) is 0 Å². The Labute approximate surface area is 95.7 Å². The van der Waals surface area contributed by atoms with Crippen molar-refractivity contribution in [2.24, 2.45) is 5.92 Å². The van der Waals surface area contributed by atoms with Crippen LogP contribution in [0.3, 0.4) is 0 Å². The van der Waals surface area contributed by atoms with E-state index in [-0.39, 0.29) is 5.56 Å². The minimum Gasteiger partial charge on any atom is -0.315 e. The van der Waals surface area contributed by atoms with E-state index in [1.54, 1.807) is 17.1 Å². The Morgan fingerprint density at radius 1 is 1.56 bits per heavy atom. The number of likely N-dealkylation sites (N-methyl/N-ethyl adjacent to an activating group) is 1. The molecule has 1 unspecified atom stereocenters. The van der Waals surface area contributed by atoms with E-state index in [2.05, 4.69) is 10.3 Å². The smallest absolute Gasteiger partial charge is 0.253 e. The second-order valence-corrected chi connectivity index (χ2v) is 4.51. The summed E-state index contributed by atoms with van der Waals surface area (Å²) in [5.41, 5.74) is 0.0354. The third kappa shape index (κ3) is 2.50. The normalized spacial score (nSPS) is 18.8. The third-order valence-corrected chi connectivity index (χ3v) is 3.53. The highest BCUT2D eigenvalue weighted by atomic mass is 16.1. The molecule has 4 heteroatoms. The number of aromatic nitrogens is 2. The molecule has 1 aromatic heterocycles. The molecule has 1 heterocycles. The zero-order valence-electron chi connectivity index (χ0n) is 9.72. The van der Waals surface area contributed by atoms with Gasteiger partial charge in [0.15, 0.2) is 0 Å². The number of rotatable bonds is 4. The van der Waals surface area contributed by atoms with Crippen LogP contribution in [0.1, 0.15) is 25.7 Å². The minimum absolute atomic E-state index is 0.0354. The Morgan fingerprint density at radius 2 is 2.31 bits per heavy atom. The lowest BCUT2D eigenvalue weighted by atomic mass is 9.98. The molecule has 0 spiro atoms. The van der Waals surface area contributed by atoms with Crippen molar-refractivity contribution in [3.63, 3.8) is 0 Å². The summed E-state index contributed by atoms with van der Waals surface area (Å²) in [4.78, 5) is 15.6. The molecule has 1 atom stereocenters. The number of hydrogen-bond acceptors (Lipinski definition) is 3. The first-order chi connectivity index (χ1) is 7.81. The van der Waals surface area contributed by atoms with Gasteiger partial charge in [0.25, 0.3) is 5.56 Å². The van der Waals surface area contributed by atoms with Crippen LogP contribution in [0.15, 0.2) is 23.4 Å². The Hall–Kier alpha value is -1.16. The summed E-state index contributed by atoms with van der Waals surface area (Å²) in [6, 6.07) is 1.91. The summed E-state index contributed by atoms with van der Waals surface area (Å²) in [5, 5.41) is 3.33. The van der Waals surface area contributed by atoms with Crippen LogP contribution in [0.25, 0.3) is 0 Å². The minimum atomic E-state index is 0.0354. The molecule has 0 bridgehead atoms. The van der Waals surface area contributed by atoms with Gasteiger partial charge >= 0.3 is 0 Å². The van der Waals surface area contributed by atoms with E-state index in [0.29, 0.717) is 12.0 Å². The Balaban J connectivity index is 2.06. The first-order valence-electron chi connectivity index (χ1n) is 5.99. The second-order valence-electron chi connectivity index (χ2n) is 4.51. The molecule has 1 N–H and O–H groups in total. The predicted octanol–water partition coefficient (Wildman–Crippen LogP) is 1.02. The van der Waals surface area contributed by atoms with Gasteiger partial charge in [-0.2, -0.15) is 0 Å². The van der Waals surface area contributed by atoms with Crippen molar-refractivity contribution in [2.75, 3.05) is 7.05 Å². The number of hydrogen-bond donors (Lipinski definition) is 1. The van der Waals surface area contributed by atoms with E-state index >= 15 is 0 Å². The summed E-state index contributed by atoms with van der Waals surface area (Å²) in [5.74, 6) is 0.706. The second kappa shape index (κ2) is 5.25. The van der Waals surface area contributed by atoms with E-state index in [9.17, 15) is 4.79 Å². The van der Waals surface area contributed by atoms with Gasteiger partial charge in [-0.25, -0.2) is 4.98 Å². The summed E-state index contributed by atoms with van der Waals surface area (Å²) in [6.07, 6.45) is 8.38. The van der Waals surface area contributed by atoms with Gasteiger partial charge in [-0.15, -0.1) is 0 Å². The van der Waals surface area contributed by atoms with Crippen LogP contribution in [-0.2, 0) is 6.54 Å². The highest BCUT2D eigenvalue weighted by molar-refractivity contribution is 4.86. The Bertz CT molecular complexity index is 382. The molecule has 16 heavy (non-hydrogen) atoms. The Kier molecular flexibility index (Phi) is 3.72. The van der Waals surface area contributed by atoms with Crippen molar-refractivity contribution in [3.05, 3.63) is 28.9 Å². The maximum Gasteiger partial charge on any atom is 0.253 e. The molecule has 0 radical (unpaired) electrons. The largest absolute Gasteiger partial charge is 0.315 e. The highest BCUT2D eigenvalue weighted by Gasteiger charge is 2.24. The lowest BCUT2D eigenvalue weighted by Crippen LogP contribution is -2.39. The van der Waals surface area contributed by atoms with Crippen LogP contribution < -0.4 is 10.9 Å². The van der Waals surface area contributed by atoms with Crippen molar-refractivity contribution < 1.29 is 0 Å². The fourth-order valence-corrected chi connectivity index (χ4v) is 2.56. The molecule has 0 amide bonds. The molecule has 4 nitrogen and oxygen atoms in total. The zero-order chi connectivity index (χ0) is 11.4. The molecule has 0 aliphatic heterocycles. The monoisotopic (exact) mass is 221 g/mol. The lowest BCUT2D eigenvalue weighted by Gasteiger charge is -2.23. The number of nitrogens with zero attached hydrogens (tertiary/aromatic N) is 2. The number of nitrogens with one attached hydrogen (secondary N) is 1. The van der Waals surface area contributed by atoms with Gasteiger partial charge in [0.2, 0.25) is 0 Å². The lowest BCUT2D eigenvalue weighted by molar-refractivity contribution is 0.335. The van der Waals surface area contributed by atoms with Crippen LogP contribution in [0.2, 0.25) is 0 Å². The van der Waals surface area contributed by atoms with Crippen LogP contribution in [0.4, 0.5) is 0 Å². The van der Waals surface area contributed by atoms with Gasteiger partial charge in [-0.1, -0.05) is 12.8 Å². The SMILES string of the molecule is CNC(Cn1cnccc1=O)C1CCCC1. The summed E-state index contributed by atoms with van der Waals surface area (Å²) >= 11 is 0. The summed E-state index contributed by atoms with van der Waals surface area (Å²) < 4.78 is 1.69. The van der Waals surface area contributed by atoms with E-state index < -0.39 is 0 Å². The fourth-order valence-electron chi connectivity index (χ4n) is 2.56. The van der Waals surface area contributed by atoms with Gasteiger partial charge in [-0.05, 0) is 25.8 Å². The molecule has 0 saturated heterocycles. The first kappa shape index (κ1) is 11.3. The maximum atomic E-state index is 11.6. The van der Waals surface area contributed by atoms with Gasteiger partial charge in [-0.3, -0.25) is 9.36 Å². The van der Waals surface area contributed by atoms with Crippen molar-refractivity contribution >= 4 is 0 Å². The zero-order valence-corrected chi connectivity index (χ0v) is 9.72. The van der Waals surface area contributed by atoms with E-state index in [4.69, 9.17) is 0 Å². The molecule has 1 aromatic rings. The van der Waals surface area contributed by atoms with E-state index in [1.807, 2.05) is 7.05 Å². The molecular weight excluding hydrogens is 202 g/mol. The van der Waals surface area contributed by atoms with Crippen molar-refractivity contribution in [2.45, 2.75) is 38.3 Å². The highest BCUT2D eigenvalue weighted by Crippen LogP contribution is 2.27. The fraction of sp³-hybridized carbons (Fsp3) is 0.667. The first-order valence-corrected chi connectivity index (χ1v) is 5.99. The van der Waals surface area contributed by atoms with Crippen LogP contribution in [0.5, 0.6) is 0 Å². The summed E-state index contributed by atoms with van der Waals surface area (Å²) in [6.45, 7) is 0.730. The van der Waals surface area contributed by atoms with Gasteiger partial charge < -0.3 is 5.32 Å². The van der Waals surface area contributed by atoms with Gasteiger partial charge in [0, 0.05) is 24.8 Å². The Morgan fingerprint density at radius 3 is 2.94 bits per heavy atom. The standard InChI is InChI=1S/C12H19N3O/c1-13-11(10-4-2-3-5-10)8-15-9-14-7-6-12(15)16/h6-7,9-11,13H,2-5,8H2,1H3. The van der Waals surface area contributed by atoms with Crippen LogP contribution >= 0.6 is 0 Å². The van der Waals surface area contributed by atoms with Crippen LogP contribution in [-0.4, -0.2) is 22.6 Å². The molecular formula is C12H19N3O. The third-order valence-electron chi connectivity index (χ3n) is 3.53. The van der Waals surface area contributed by atoms with Crippen molar-refractivity contribution in [3.8, 4) is 0 Å². The predicted molar refractivity (Wildman–Crippen MR) is 63.3 cm³/mol. The quantitative estimate of drug-likeness (QED) is 0.825. The molecule has 1 fully saturated rings. The molecule has 1 aliphatic rings. The van der Waals surface area contributed by atoms with Crippen LogP contribution in [0, 0.1) is 5.92 Å². The van der Waals surface area contributed by atoms with E-state index in [1.165, 1.54) is 31.7 Å². The van der Waals surface area contributed by atoms with E-state index in [0.717, 1.165) is 6.54 Å². The molecule has 1 aliphatic carbocycles. The maximum absolute atomic E-state index is 11.6. The molecule has 88 valence electrons. The topological polar surface area (TPSA) is 46.9 Å². The molecule has 2 rings (SSSR count). The van der Waals surface area contributed by atoms with Crippen molar-refractivity contribution in [1.82, 2.24) is 14.9 Å². The van der Waals surface area contributed by atoms with Gasteiger partial charge in [0.1, 0.15) is 0 Å². The average molecular weight is 221 g/mol. The van der Waals surface area contributed by atoms with Gasteiger partial charge in [0.05, 0.1) is 6.33 Å². The molecule has 0 aromatic carbocycles.